The zero-order valence-corrected chi connectivity index (χ0v) is 18.2. The Morgan fingerprint density at radius 3 is 2.40 bits per heavy atom. The van der Waals surface area contributed by atoms with Gasteiger partial charge < -0.3 is 9.84 Å². The summed E-state index contributed by atoms with van der Waals surface area (Å²) in [4.78, 5) is 4.64. The molecule has 1 heterocycles. The Balaban J connectivity index is 1.63. The first kappa shape index (κ1) is 21.7. The number of sulfonamides is 1. The summed E-state index contributed by atoms with van der Waals surface area (Å²) in [6.45, 7) is 8.45. The molecule has 0 aliphatic rings. The van der Waals surface area contributed by atoms with Crippen LogP contribution in [0.5, 0.6) is 0 Å². The van der Waals surface area contributed by atoms with Crippen LogP contribution in [0.25, 0.3) is 11.4 Å². The number of hydrogen-bond donors (Lipinski definition) is 1. The maximum Gasteiger partial charge on any atom is 0.246 e. The number of aromatic nitrogens is 2. The van der Waals surface area contributed by atoms with Crippen LogP contribution in [-0.4, -0.2) is 36.5 Å². The Morgan fingerprint density at radius 2 is 1.80 bits per heavy atom. The number of nitrogens with zero attached hydrogens (tertiary/aromatic N) is 3. The Bertz CT molecular complexity index is 1090. The molecule has 1 aromatic heterocycles. The number of nitrogens with one attached hydrogen (secondary N) is 1. The molecule has 0 aliphatic heterocycles. The highest BCUT2D eigenvalue weighted by molar-refractivity contribution is 7.89. The van der Waals surface area contributed by atoms with Gasteiger partial charge >= 0.3 is 0 Å². The van der Waals surface area contributed by atoms with E-state index in [1.165, 1.54) is 16.9 Å². The first-order valence-electron chi connectivity index (χ1n) is 9.65. The van der Waals surface area contributed by atoms with Crippen LogP contribution in [0.4, 0.5) is 5.69 Å². The van der Waals surface area contributed by atoms with Gasteiger partial charge in [-0.05, 0) is 35.7 Å². The average molecular weight is 427 g/mol. The van der Waals surface area contributed by atoms with Crippen LogP contribution >= 0.6 is 0 Å². The number of benzene rings is 2. The molecule has 1 N–H and O–H groups in total. The molecular weight excluding hydrogens is 400 g/mol. The Labute approximate surface area is 177 Å². The normalized spacial score (nSPS) is 11.8. The molecule has 30 heavy (non-hydrogen) atoms. The van der Waals surface area contributed by atoms with Gasteiger partial charge in [-0.2, -0.15) is 9.29 Å². The molecule has 158 valence electrons. The van der Waals surface area contributed by atoms with E-state index >= 15 is 0 Å². The summed E-state index contributed by atoms with van der Waals surface area (Å²) in [5, 5.41) is 7.20. The fraction of sp³-hybridized carbons (Fsp3) is 0.273. The van der Waals surface area contributed by atoms with Gasteiger partial charge in [0.25, 0.3) is 0 Å². The average Bonchev–Trinajstić information content (AvgIpc) is 3.22. The minimum absolute atomic E-state index is 0.224. The minimum Gasteiger partial charge on any atom is -0.376 e. The van der Waals surface area contributed by atoms with Crippen LogP contribution in [0.2, 0.25) is 0 Å². The molecule has 0 amide bonds. The van der Waals surface area contributed by atoms with Crippen LogP contribution in [0.15, 0.2) is 70.6 Å². The molecule has 7 nitrogen and oxygen atoms in total. The largest absolute Gasteiger partial charge is 0.376 e. The lowest BCUT2D eigenvalue weighted by Gasteiger charge is -2.15. The van der Waals surface area contributed by atoms with Crippen LogP contribution in [-0.2, 0) is 16.6 Å². The van der Waals surface area contributed by atoms with Crippen molar-refractivity contribution in [3.63, 3.8) is 0 Å². The van der Waals surface area contributed by atoms with Crippen molar-refractivity contribution in [2.24, 2.45) is 0 Å². The van der Waals surface area contributed by atoms with Crippen LogP contribution in [0.1, 0.15) is 31.2 Å². The van der Waals surface area contributed by atoms with E-state index < -0.39 is 10.0 Å². The second-order valence-corrected chi connectivity index (χ2v) is 9.29. The topological polar surface area (TPSA) is 88.3 Å². The fourth-order valence-electron chi connectivity index (χ4n) is 2.84. The second-order valence-electron chi connectivity index (χ2n) is 7.24. The zero-order chi connectivity index (χ0) is 21.7. The first-order chi connectivity index (χ1) is 14.3. The third-order valence-electron chi connectivity index (χ3n) is 4.70. The van der Waals surface area contributed by atoms with Gasteiger partial charge in [-0.25, -0.2) is 8.42 Å². The summed E-state index contributed by atoms with van der Waals surface area (Å²) in [7, 11) is -2.01. The molecule has 0 aliphatic carbocycles. The lowest BCUT2D eigenvalue weighted by Crippen LogP contribution is -2.26. The van der Waals surface area contributed by atoms with E-state index in [4.69, 9.17) is 4.52 Å². The predicted molar refractivity (Wildman–Crippen MR) is 118 cm³/mol. The quantitative estimate of drug-likeness (QED) is 0.514. The molecule has 3 aromatic rings. The molecule has 0 saturated heterocycles. The van der Waals surface area contributed by atoms with Gasteiger partial charge in [-0.1, -0.05) is 49.3 Å². The molecule has 0 radical (unpaired) electrons. The highest BCUT2D eigenvalue weighted by Crippen LogP contribution is 2.21. The van der Waals surface area contributed by atoms with Crippen molar-refractivity contribution in [1.29, 1.82) is 0 Å². The predicted octanol–water partition coefficient (Wildman–Crippen LogP) is 4.28. The summed E-state index contributed by atoms with van der Waals surface area (Å²) in [5.41, 5.74) is 2.90. The van der Waals surface area contributed by atoms with E-state index in [1.807, 2.05) is 12.1 Å². The van der Waals surface area contributed by atoms with Crippen LogP contribution in [0.3, 0.4) is 0 Å². The number of likely N-dealkylation sites (N-methyl/N-ethyl adjacent to an activating group) is 1. The zero-order valence-electron chi connectivity index (χ0n) is 17.4. The van der Waals surface area contributed by atoms with Crippen molar-refractivity contribution in [3.05, 3.63) is 72.6 Å². The molecule has 0 atom stereocenters. The van der Waals surface area contributed by atoms with Gasteiger partial charge in [0.15, 0.2) is 0 Å². The molecule has 0 spiro atoms. The van der Waals surface area contributed by atoms with Gasteiger partial charge in [0.1, 0.15) is 0 Å². The van der Waals surface area contributed by atoms with Crippen molar-refractivity contribution >= 4 is 15.7 Å². The van der Waals surface area contributed by atoms with Crippen molar-refractivity contribution in [3.8, 4) is 11.4 Å². The molecule has 0 saturated carbocycles. The van der Waals surface area contributed by atoms with Gasteiger partial charge in [-0.15, -0.1) is 6.58 Å². The standard InChI is InChI=1S/C22H26N4O3S/c1-5-14-26(4)30(27,28)20-12-10-19(11-13-20)23-15-21-24-22(25-29-21)18-8-6-17(7-9-18)16(2)3/h5-13,16,23H,1,14-15H2,2-4H3. The van der Waals surface area contributed by atoms with Crippen molar-refractivity contribution in [2.75, 3.05) is 18.9 Å². The number of rotatable bonds is 9. The van der Waals surface area contributed by atoms with Gasteiger partial charge in [0.05, 0.1) is 11.4 Å². The minimum atomic E-state index is -3.53. The van der Waals surface area contributed by atoms with E-state index in [2.05, 4.69) is 48.0 Å². The number of anilines is 1. The molecule has 0 fully saturated rings. The van der Waals surface area contributed by atoms with E-state index in [0.717, 1.165) is 11.3 Å². The van der Waals surface area contributed by atoms with Crippen molar-refractivity contribution in [1.82, 2.24) is 14.4 Å². The van der Waals surface area contributed by atoms with Crippen molar-refractivity contribution in [2.45, 2.75) is 31.2 Å². The van der Waals surface area contributed by atoms with E-state index in [1.54, 1.807) is 30.3 Å². The van der Waals surface area contributed by atoms with Gasteiger partial charge in [0.2, 0.25) is 21.7 Å². The molecule has 3 rings (SSSR count). The maximum absolute atomic E-state index is 12.4. The highest BCUT2D eigenvalue weighted by Gasteiger charge is 2.19. The molecular formula is C22H26N4O3S. The summed E-state index contributed by atoms with van der Waals surface area (Å²) in [6, 6.07) is 14.6. The Morgan fingerprint density at radius 1 is 1.13 bits per heavy atom. The fourth-order valence-corrected chi connectivity index (χ4v) is 3.98. The summed E-state index contributed by atoms with van der Waals surface area (Å²) >= 11 is 0. The smallest absolute Gasteiger partial charge is 0.246 e. The van der Waals surface area contributed by atoms with Crippen LogP contribution in [0, 0.1) is 0 Å². The molecule has 8 heteroatoms. The third-order valence-corrected chi connectivity index (χ3v) is 6.53. The lowest BCUT2D eigenvalue weighted by atomic mass is 10.0. The highest BCUT2D eigenvalue weighted by atomic mass is 32.2. The van der Waals surface area contributed by atoms with Gasteiger partial charge in [-0.3, -0.25) is 0 Å². The molecule has 0 bridgehead atoms. The summed E-state index contributed by atoms with van der Waals surface area (Å²) in [6.07, 6.45) is 1.55. The van der Waals surface area contributed by atoms with E-state index in [-0.39, 0.29) is 11.4 Å². The monoisotopic (exact) mass is 426 g/mol. The number of hydrogen-bond acceptors (Lipinski definition) is 6. The first-order valence-corrected chi connectivity index (χ1v) is 11.1. The lowest BCUT2D eigenvalue weighted by molar-refractivity contribution is 0.384. The Hall–Kier alpha value is -2.97. The maximum atomic E-state index is 12.4. The Kier molecular flexibility index (Phi) is 6.69. The molecule has 2 aromatic carbocycles. The molecule has 0 unspecified atom stereocenters. The summed E-state index contributed by atoms with van der Waals surface area (Å²) < 4.78 is 31.4. The third kappa shape index (κ3) is 4.95. The van der Waals surface area contributed by atoms with E-state index in [0.29, 0.717) is 24.2 Å². The summed E-state index contributed by atoms with van der Waals surface area (Å²) in [5.74, 6) is 1.45. The van der Waals surface area contributed by atoms with Gasteiger partial charge in [0, 0.05) is 24.8 Å². The van der Waals surface area contributed by atoms with E-state index in [9.17, 15) is 8.42 Å². The van der Waals surface area contributed by atoms with Crippen LogP contribution < -0.4 is 5.32 Å². The SMILES string of the molecule is C=CCN(C)S(=O)(=O)c1ccc(NCc2nc(-c3ccc(C(C)C)cc3)no2)cc1. The second kappa shape index (κ2) is 9.23. The van der Waals surface area contributed by atoms with Crippen molar-refractivity contribution < 1.29 is 12.9 Å².